The van der Waals surface area contributed by atoms with Gasteiger partial charge < -0.3 is 11.1 Å². The summed E-state index contributed by atoms with van der Waals surface area (Å²) < 4.78 is 0.801. The van der Waals surface area contributed by atoms with E-state index < -0.39 is 0 Å². The van der Waals surface area contributed by atoms with Crippen molar-refractivity contribution in [3.05, 3.63) is 22.4 Å². The monoisotopic (exact) mass is 311 g/mol. The Kier molecular flexibility index (Phi) is 4.35. The first-order chi connectivity index (χ1) is 8.58. The number of nitrogens with zero attached hydrogens (tertiary/aromatic N) is 1. The van der Waals surface area contributed by atoms with Crippen LogP contribution in [0.3, 0.4) is 0 Å². The summed E-state index contributed by atoms with van der Waals surface area (Å²) in [6.07, 6.45) is 5.70. The Hall–Kier alpha value is -0.940. The van der Waals surface area contributed by atoms with Gasteiger partial charge in [-0.1, -0.05) is 12.8 Å². The quantitative estimate of drug-likeness (QED) is 0.825. The van der Waals surface area contributed by atoms with Crippen LogP contribution in [-0.2, 0) is 4.79 Å². The molecule has 1 aliphatic carbocycles. The molecule has 4 nitrogen and oxygen atoms in total. The summed E-state index contributed by atoms with van der Waals surface area (Å²) in [5.41, 5.74) is 7.74. The number of amides is 1. The van der Waals surface area contributed by atoms with Crippen LogP contribution in [0.15, 0.2) is 16.9 Å². The van der Waals surface area contributed by atoms with E-state index in [1.165, 1.54) is 0 Å². The molecule has 1 amide bonds. The van der Waals surface area contributed by atoms with Gasteiger partial charge in [0.25, 0.3) is 0 Å². The topological polar surface area (TPSA) is 68.0 Å². The number of nitrogens with one attached hydrogen (secondary N) is 1. The van der Waals surface area contributed by atoms with Gasteiger partial charge in [-0.15, -0.1) is 0 Å². The average molecular weight is 312 g/mol. The molecule has 5 heteroatoms. The van der Waals surface area contributed by atoms with Gasteiger partial charge in [-0.2, -0.15) is 0 Å². The molecular formula is C13H18BrN3O. The standard InChI is InChI=1S/C13H18BrN3O/c1-8-6-9(7-16-12(8)14)17-13(18)10-4-2-3-5-11(10)15/h6-7,10-11H,2-5,15H2,1H3,(H,17,18). The van der Waals surface area contributed by atoms with Crippen molar-refractivity contribution in [1.29, 1.82) is 0 Å². The SMILES string of the molecule is Cc1cc(NC(=O)C2CCCCC2N)cnc1Br. The van der Waals surface area contributed by atoms with Crippen molar-refractivity contribution in [2.45, 2.75) is 38.6 Å². The Balaban J connectivity index is 2.04. The second-order valence-electron chi connectivity index (χ2n) is 4.88. The molecule has 1 heterocycles. The van der Waals surface area contributed by atoms with Crippen LogP contribution in [0.5, 0.6) is 0 Å². The van der Waals surface area contributed by atoms with Crippen molar-refractivity contribution in [1.82, 2.24) is 4.98 Å². The van der Waals surface area contributed by atoms with E-state index in [4.69, 9.17) is 5.73 Å². The molecule has 0 radical (unpaired) electrons. The Labute approximate surface area is 115 Å². The molecule has 18 heavy (non-hydrogen) atoms. The highest BCUT2D eigenvalue weighted by Crippen LogP contribution is 2.25. The van der Waals surface area contributed by atoms with E-state index in [9.17, 15) is 4.79 Å². The fourth-order valence-corrected chi connectivity index (χ4v) is 2.56. The van der Waals surface area contributed by atoms with E-state index in [1.54, 1.807) is 6.20 Å². The summed E-state index contributed by atoms with van der Waals surface area (Å²) in [6.45, 7) is 1.94. The van der Waals surface area contributed by atoms with E-state index in [2.05, 4.69) is 26.2 Å². The zero-order valence-electron chi connectivity index (χ0n) is 10.4. The van der Waals surface area contributed by atoms with Crippen LogP contribution in [0.4, 0.5) is 5.69 Å². The number of halogens is 1. The molecule has 1 fully saturated rings. The highest BCUT2D eigenvalue weighted by molar-refractivity contribution is 9.10. The second-order valence-corrected chi connectivity index (χ2v) is 5.63. The van der Waals surface area contributed by atoms with Crippen molar-refractivity contribution in [2.75, 3.05) is 5.32 Å². The number of rotatable bonds is 2. The van der Waals surface area contributed by atoms with Crippen LogP contribution < -0.4 is 11.1 Å². The summed E-state index contributed by atoms with van der Waals surface area (Å²) >= 11 is 3.34. The Bertz CT molecular complexity index is 450. The molecule has 98 valence electrons. The van der Waals surface area contributed by atoms with Crippen LogP contribution >= 0.6 is 15.9 Å². The second kappa shape index (κ2) is 5.80. The average Bonchev–Trinajstić information content (AvgIpc) is 2.34. The van der Waals surface area contributed by atoms with Crippen LogP contribution in [0.1, 0.15) is 31.2 Å². The number of aryl methyl sites for hydroxylation is 1. The third-order valence-electron chi connectivity index (χ3n) is 3.44. The lowest BCUT2D eigenvalue weighted by Crippen LogP contribution is -2.40. The third kappa shape index (κ3) is 3.09. The smallest absolute Gasteiger partial charge is 0.229 e. The molecule has 0 spiro atoms. The number of pyridine rings is 1. The predicted molar refractivity (Wildman–Crippen MR) is 75.2 cm³/mol. The normalized spacial score (nSPS) is 23.7. The number of hydrogen-bond acceptors (Lipinski definition) is 3. The summed E-state index contributed by atoms with van der Waals surface area (Å²) in [4.78, 5) is 16.3. The Morgan fingerprint density at radius 3 is 2.89 bits per heavy atom. The van der Waals surface area contributed by atoms with Gasteiger partial charge in [0.15, 0.2) is 0 Å². The van der Waals surface area contributed by atoms with Crippen molar-refractivity contribution < 1.29 is 4.79 Å². The molecule has 3 N–H and O–H groups in total. The maximum absolute atomic E-state index is 12.1. The Morgan fingerprint density at radius 2 is 2.22 bits per heavy atom. The lowest BCUT2D eigenvalue weighted by atomic mass is 9.84. The Morgan fingerprint density at radius 1 is 1.50 bits per heavy atom. The molecule has 2 rings (SSSR count). The van der Waals surface area contributed by atoms with Gasteiger partial charge >= 0.3 is 0 Å². The highest BCUT2D eigenvalue weighted by atomic mass is 79.9. The first-order valence-corrected chi connectivity index (χ1v) is 7.06. The lowest BCUT2D eigenvalue weighted by Gasteiger charge is -2.27. The molecule has 2 atom stereocenters. The number of hydrogen-bond donors (Lipinski definition) is 2. The number of aromatic nitrogens is 1. The zero-order valence-corrected chi connectivity index (χ0v) is 12.0. The van der Waals surface area contributed by atoms with Crippen LogP contribution in [0, 0.1) is 12.8 Å². The van der Waals surface area contributed by atoms with Gasteiger partial charge in [-0.3, -0.25) is 4.79 Å². The number of carbonyl (C=O) groups is 1. The van der Waals surface area contributed by atoms with E-state index in [0.717, 1.165) is 41.5 Å². The fraction of sp³-hybridized carbons (Fsp3) is 0.538. The molecule has 1 aromatic heterocycles. The van der Waals surface area contributed by atoms with Gasteiger partial charge in [-0.25, -0.2) is 4.98 Å². The molecule has 1 aliphatic rings. The first kappa shape index (κ1) is 13.5. The molecular weight excluding hydrogens is 294 g/mol. The molecule has 1 saturated carbocycles. The molecule has 1 aromatic rings. The summed E-state index contributed by atoms with van der Waals surface area (Å²) in [5.74, 6) is -0.0478. The predicted octanol–water partition coefficient (Wildman–Crippen LogP) is 2.61. The minimum Gasteiger partial charge on any atom is -0.327 e. The first-order valence-electron chi connectivity index (χ1n) is 6.26. The summed E-state index contributed by atoms with van der Waals surface area (Å²) in [5, 5.41) is 2.91. The maximum Gasteiger partial charge on any atom is 0.229 e. The summed E-state index contributed by atoms with van der Waals surface area (Å²) in [7, 11) is 0. The van der Waals surface area contributed by atoms with Gasteiger partial charge in [0.1, 0.15) is 4.60 Å². The van der Waals surface area contributed by atoms with Crippen molar-refractivity contribution in [3.8, 4) is 0 Å². The number of carbonyl (C=O) groups excluding carboxylic acids is 1. The number of nitrogens with two attached hydrogens (primary N) is 1. The van der Waals surface area contributed by atoms with Gasteiger partial charge in [-0.05, 0) is 47.3 Å². The minimum atomic E-state index is -0.0669. The van der Waals surface area contributed by atoms with E-state index >= 15 is 0 Å². The van der Waals surface area contributed by atoms with Gasteiger partial charge in [0.05, 0.1) is 17.8 Å². The largest absolute Gasteiger partial charge is 0.327 e. The molecule has 0 bridgehead atoms. The van der Waals surface area contributed by atoms with E-state index in [1.807, 2.05) is 13.0 Å². The minimum absolute atomic E-state index is 0.0109. The van der Waals surface area contributed by atoms with Crippen molar-refractivity contribution in [2.24, 2.45) is 11.7 Å². The van der Waals surface area contributed by atoms with Gasteiger partial charge in [0, 0.05) is 6.04 Å². The lowest BCUT2D eigenvalue weighted by molar-refractivity contribution is -0.121. The zero-order chi connectivity index (χ0) is 13.1. The third-order valence-corrected chi connectivity index (χ3v) is 4.27. The molecule has 0 saturated heterocycles. The van der Waals surface area contributed by atoms with Gasteiger partial charge in [0.2, 0.25) is 5.91 Å². The summed E-state index contributed by atoms with van der Waals surface area (Å²) in [6, 6.07) is 1.90. The van der Waals surface area contributed by atoms with E-state index in [0.29, 0.717) is 0 Å². The van der Waals surface area contributed by atoms with Crippen molar-refractivity contribution in [3.63, 3.8) is 0 Å². The number of anilines is 1. The van der Waals surface area contributed by atoms with Crippen LogP contribution in [0.2, 0.25) is 0 Å². The highest BCUT2D eigenvalue weighted by Gasteiger charge is 2.28. The van der Waals surface area contributed by atoms with Crippen LogP contribution in [-0.4, -0.2) is 16.9 Å². The molecule has 0 aliphatic heterocycles. The van der Waals surface area contributed by atoms with Crippen molar-refractivity contribution >= 4 is 27.5 Å². The van der Waals surface area contributed by atoms with Crippen LogP contribution in [0.25, 0.3) is 0 Å². The maximum atomic E-state index is 12.1. The molecule has 2 unspecified atom stereocenters. The fourth-order valence-electron chi connectivity index (χ4n) is 2.35. The molecule has 0 aromatic carbocycles. The van der Waals surface area contributed by atoms with E-state index in [-0.39, 0.29) is 17.9 Å².